The van der Waals surface area contributed by atoms with Crippen molar-refractivity contribution in [2.24, 2.45) is 5.73 Å². The highest BCUT2D eigenvalue weighted by atomic mass is 16.6. The lowest BCUT2D eigenvalue weighted by molar-refractivity contribution is -0.384. The number of non-ortho nitro benzene ring substituents is 1. The summed E-state index contributed by atoms with van der Waals surface area (Å²) in [4.78, 5) is 9.93. The average Bonchev–Trinajstić information content (AvgIpc) is 2.18. The second-order valence-corrected chi connectivity index (χ2v) is 3.37. The molecule has 15 heavy (non-hydrogen) atoms. The number of benzene rings is 1. The molecule has 0 saturated carbocycles. The van der Waals surface area contributed by atoms with Gasteiger partial charge in [-0.3, -0.25) is 10.1 Å². The maximum absolute atomic E-state index is 10.4. The van der Waals surface area contributed by atoms with Crippen LogP contribution in [0, 0.1) is 10.1 Å². The molecule has 1 rings (SSSR count). The lowest BCUT2D eigenvalue weighted by Crippen LogP contribution is -2.18. The van der Waals surface area contributed by atoms with Crippen molar-refractivity contribution in [3.05, 3.63) is 34.4 Å². The van der Waals surface area contributed by atoms with Crippen LogP contribution >= 0.6 is 0 Å². The van der Waals surface area contributed by atoms with Crippen molar-refractivity contribution in [3.8, 4) is 5.75 Å². The van der Waals surface area contributed by atoms with Crippen LogP contribution < -0.4 is 10.5 Å². The highest BCUT2D eigenvalue weighted by Crippen LogP contribution is 2.17. The molecule has 0 spiro atoms. The van der Waals surface area contributed by atoms with E-state index in [9.17, 15) is 10.1 Å². The van der Waals surface area contributed by atoms with Crippen LogP contribution in [0.15, 0.2) is 24.3 Å². The average molecular weight is 210 g/mol. The fourth-order valence-corrected chi connectivity index (χ4v) is 1.03. The van der Waals surface area contributed by atoms with Crippen molar-refractivity contribution in [2.45, 2.75) is 19.4 Å². The van der Waals surface area contributed by atoms with Gasteiger partial charge in [-0.1, -0.05) is 0 Å². The third kappa shape index (κ3) is 3.95. The Kier molecular flexibility index (Phi) is 4.05. The summed E-state index contributed by atoms with van der Waals surface area (Å²) in [7, 11) is 0. The third-order valence-electron chi connectivity index (χ3n) is 1.89. The Bertz CT molecular complexity index is 322. The molecule has 5 nitrogen and oxygen atoms in total. The second kappa shape index (κ2) is 5.31. The van der Waals surface area contributed by atoms with Gasteiger partial charge in [-0.25, -0.2) is 0 Å². The van der Waals surface area contributed by atoms with Gasteiger partial charge >= 0.3 is 0 Å². The number of ether oxygens (including phenoxy) is 1. The van der Waals surface area contributed by atoms with Gasteiger partial charge in [0.2, 0.25) is 0 Å². The first-order valence-corrected chi connectivity index (χ1v) is 4.72. The van der Waals surface area contributed by atoms with Gasteiger partial charge in [0.25, 0.3) is 5.69 Å². The first kappa shape index (κ1) is 11.5. The summed E-state index contributed by atoms with van der Waals surface area (Å²) in [6.07, 6.45) is 0.761. The zero-order valence-electron chi connectivity index (χ0n) is 8.55. The van der Waals surface area contributed by atoms with E-state index in [2.05, 4.69) is 0 Å². The molecule has 0 radical (unpaired) electrons. The molecule has 1 aromatic rings. The van der Waals surface area contributed by atoms with E-state index in [1.165, 1.54) is 12.1 Å². The SMILES string of the molecule is CC(N)CCOc1ccc([N+](=O)[O-])cc1. The van der Waals surface area contributed by atoms with E-state index in [1.54, 1.807) is 12.1 Å². The van der Waals surface area contributed by atoms with E-state index in [0.717, 1.165) is 6.42 Å². The predicted octanol–water partition coefficient (Wildman–Crippen LogP) is 1.71. The van der Waals surface area contributed by atoms with Gasteiger partial charge in [-0.15, -0.1) is 0 Å². The fourth-order valence-electron chi connectivity index (χ4n) is 1.03. The molecule has 0 saturated heterocycles. The molecule has 0 bridgehead atoms. The van der Waals surface area contributed by atoms with Crippen molar-refractivity contribution in [2.75, 3.05) is 6.61 Å². The molecule has 1 atom stereocenters. The van der Waals surface area contributed by atoms with Crippen LogP contribution in [0.2, 0.25) is 0 Å². The van der Waals surface area contributed by atoms with Gasteiger partial charge in [-0.05, 0) is 25.5 Å². The van der Waals surface area contributed by atoms with Crippen LogP contribution in [-0.4, -0.2) is 17.6 Å². The molecule has 5 heteroatoms. The van der Waals surface area contributed by atoms with Crippen LogP contribution in [0.3, 0.4) is 0 Å². The quantitative estimate of drug-likeness (QED) is 0.592. The van der Waals surface area contributed by atoms with Crippen LogP contribution in [0.5, 0.6) is 5.75 Å². The Balaban J connectivity index is 2.46. The molecule has 0 aromatic heterocycles. The second-order valence-electron chi connectivity index (χ2n) is 3.37. The molecular formula is C10H14N2O3. The molecule has 0 aliphatic heterocycles. The number of nitro groups is 1. The van der Waals surface area contributed by atoms with E-state index < -0.39 is 4.92 Å². The highest BCUT2D eigenvalue weighted by molar-refractivity contribution is 5.35. The van der Waals surface area contributed by atoms with Gasteiger partial charge in [0.05, 0.1) is 11.5 Å². The first-order chi connectivity index (χ1) is 7.09. The monoisotopic (exact) mass is 210 g/mol. The Hall–Kier alpha value is -1.62. The van der Waals surface area contributed by atoms with Crippen molar-refractivity contribution >= 4 is 5.69 Å². The fraction of sp³-hybridized carbons (Fsp3) is 0.400. The number of nitrogens with zero attached hydrogens (tertiary/aromatic N) is 1. The van der Waals surface area contributed by atoms with Crippen molar-refractivity contribution in [3.63, 3.8) is 0 Å². The smallest absolute Gasteiger partial charge is 0.269 e. The van der Waals surface area contributed by atoms with Gasteiger partial charge in [0.1, 0.15) is 5.75 Å². The van der Waals surface area contributed by atoms with Crippen molar-refractivity contribution in [1.82, 2.24) is 0 Å². The van der Waals surface area contributed by atoms with E-state index in [1.807, 2.05) is 6.92 Å². The molecule has 1 aromatic carbocycles. The summed E-state index contributed by atoms with van der Waals surface area (Å²) in [5.41, 5.74) is 5.62. The highest BCUT2D eigenvalue weighted by Gasteiger charge is 2.04. The summed E-state index contributed by atoms with van der Waals surface area (Å²) in [5.74, 6) is 0.626. The summed E-state index contributed by atoms with van der Waals surface area (Å²) in [6, 6.07) is 6.10. The number of hydrogen-bond acceptors (Lipinski definition) is 4. The van der Waals surface area contributed by atoms with E-state index in [4.69, 9.17) is 10.5 Å². The Morgan fingerprint density at radius 2 is 2.07 bits per heavy atom. The Labute approximate surface area is 88.0 Å². The minimum absolute atomic E-state index is 0.0644. The molecule has 0 fully saturated rings. The lowest BCUT2D eigenvalue weighted by Gasteiger charge is -2.07. The van der Waals surface area contributed by atoms with Crippen molar-refractivity contribution in [1.29, 1.82) is 0 Å². The van der Waals surface area contributed by atoms with E-state index in [0.29, 0.717) is 12.4 Å². The van der Waals surface area contributed by atoms with Gasteiger partial charge in [0, 0.05) is 18.2 Å². The Morgan fingerprint density at radius 3 is 2.53 bits per heavy atom. The molecule has 0 aliphatic carbocycles. The van der Waals surface area contributed by atoms with Gasteiger partial charge < -0.3 is 10.5 Å². The van der Waals surface area contributed by atoms with Crippen LogP contribution in [0.1, 0.15) is 13.3 Å². The van der Waals surface area contributed by atoms with Crippen LogP contribution in [0.25, 0.3) is 0 Å². The summed E-state index contributed by atoms with van der Waals surface area (Å²) < 4.78 is 5.35. The summed E-state index contributed by atoms with van der Waals surface area (Å²) in [5, 5.41) is 10.4. The zero-order valence-corrected chi connectivity index (χ0v) is 8.55. The Morgan fingerprint density at radius 1 is 1.47 bits per heavy atom. The number of rotatable bonds is 5. The summed E-state index contributed by atoms with van der Waals surface area (Å²) >= 11 is 0. The van der Waals surface area contributed by atoms with Crippen LogP contribution in [-0.2, 0) is 0 Å². The lowest BCUT2D eigenvalue weighted by atomic mass is 10.2. The molecule has 0 aliphatic rings. The molecule has 2 N–H and O–H groups in total. The molecule has 0 amide bonds. The minimum Gasteiger partial charge on any atom is -0.494 e. The molecule has 1 unspecified atom stereocenters. The molecule has 0 heterocycles. The largest absolute Gasteiger partial charge is 0.494 e. The number of nitro benzene ring substituents is 1. The molecular weight excluding hydrogens is 196 g/mol. The maximum Gasteiger partial charge on any atom is 0.269 e. The third-order valence-corrected chi connectivity index (χ3v) is 1.89. The van der Waals surface area contributed by atoms with E-state index in [-0.39, 0.29) is 11.7 Å². The van der Waals surface area contributed by atoms with Gasteiger partial charge in [-0.2, -0.15) is 0 Å². The van der Waals surface area contributed by atoms with Gasteiger partial charge in [0.15, 0.2) is 0 Å². The minimum atomic E-state index is -0.439. The first-order valence-electron chi connectivity index (χ1n) is 4.72. The maximum atomic E-state index is 10.4. The van der Waals surface area contributed by atoms with E-state index >= 15 is 0 Å². The van der Waals surface area contributed by atoms with Crippen LogP contribution in [0.4, 0.5) is 5.69 Å². The number of nitrogens with two attached hydrogens (primary N) is 1. The topological polar surface area (TPSA) is 78.4 Å². The zero-order chi connectivity index (χ0) is 11.3. The number of hydrogen-bond donors (Lipinski definition) is 1. The van der Waals surface area contributed by atoms with Crippen molar-refractivity contribution < 1.29 is 9.66 Å². The molecule has 82 valence electrons. The summed E-state index contributed by atoms with van der Waals surface area (Å²) in [6.45, 7) is 2.43. The predicted molar refractivity (Wildman–Crippen MR) is 56.9 cm³/mol. The normalized spacial score (nSPS) is 12.1. The standard InChI is InChI=1S/C10H14N2O3/c1-8(11)6-7-15-10-4-2-9(3-5-10)12(13)14/h2-5,8H,6-7,11H2,1H3.